The number of benzene rings is 2. The molecule has 1 N–H and O–H groups in total. The first-order valence-corrected chi connectivity index (χ1v) is 8.17. The molecule has 1 amide bonds. The molecule has 0 aliphatic heterocycles. The largest absolute Gasteiger partial charge is 0.364 e. The molecule has 0 radical (unpaired) electrons. The zero-order valence-electron chi connectivity index (χ0n) is 13.9. The van der Waals surface area contributed by atoms with E-state index in [4.69, 9.17) is 4.52 Å². The highest BCUT2D eigenvalue weighted by molar-refractivity contribution is 5.77. The van der Waals surface area contributed by atoms with Gasteiger partial charge in [-0.2, -0.15) is 0 Å². The van der Waals surface area contributed by atoms with Gasteiger partial charge in [0.25, 0.3) is 0 Å². The molecule has 4 nitrogen and oxygen atoms in total. The van der Waals surface area contributed by atoms with E-state index in [-0.39, 0.29) is 17.8 Å². The van der Waals surface area contributed by atoms with Crippen LogP contribution in [0.4, 0.5) is 4.39 Å². The molecule has 1 heterocycles. The quantitative estimate of drug-likeness (QED) is 0.729. The molecule has 0 aliphatic rings. The molecule has 3 rings (SSSR count). The van der Waals surface area contributed by atoms with E-state index in [9.17, 15) is 9.18 Å². The number of nitrogens with one attached hydrogen (secondary N) is 1. The van der Waals surface area contributed by atoms with Gasteiger partial charge in [0.15, 0.2) is 0 Å². The average Bonchev–Trinajstić information content (AvgIpc) is 3.10. The Hall–Kier alpha value is -2.95. The molecule has 128 valence electrons. The minimum absolute atomic E-state index is 0.0722. The van der Waals surface area contributed by atoms with Crippen LogP contribution in [0.5, 0.6) is 0 Å². The minimum Gasteiger partial charge on any atom is -0.364 e. The fourth-order valence-corrected chi connectivity index (χ4v) is 2.67. The first-order chi connectivity index (χ1) is 12.1. The van der Waals surface area contributed by atoms with Gasteiger partial charge in [-0.15, -0.1) is 0 Å². The lowest BCUT2D eigenvalue weighted by molar-refractivity contribution is -0.121. The van der Waals surface area contributed by atoms with Gasteiger partial charge < -0.3 is 9.84 Å². The summed E-state index contributed by atoms with van der Waals surface area (Å²) in [7, 11) is 0. The summed E-state index contributed by atoms with van der Waals surface area (Å²) in [6, 6.07) is 15.7. The van der Waals surface area contributed by atoms with Crippen LogP contribution < -0.4 is 5.32 Å². The number of halogens is 1. The summed E-state index contributed by atoms with van der Waals surface area (Å²) in [5.41, 5.74) is 3.49. The lowest BCUT2D eigenvalue weighted by Gasteiger charge is -2.14. The molecular weight excluding hydrogens is 319 g/mol. The smallest absolute Gasteiger partial charge is 0.220 e. The predicted octanol–water partition coefficient (Wildman–Crippen LogP) is 4.29. The SMILES string of the molecule is CC(NC(=O)CCc1conc1-c1ccccc1)c1ccc(F)cc1. The van der Waals surface area contributed by atoms with Gasteiger partial charge in [0.05, 0.1) is 6.04 Å². The molecule has 0 saturated carbocycles. The molecule has 0 fully saturated rings. The summed E-state index contributed by atoms with van der Waals surface area (Å²) in [6.07, 6.45) is 2.45. The third-order valence-corrected chi connectivity index (χ3v) is 4.06. The third-order valence-electron chi connectivity index (χ3n) is 4.06. The maximum absolute atomic E-state index is 13.0. The molecule has 0 bridgehead atoms. The van der Waals surface area contributed by atoms with E-state index in [1.54, 1.807) is 18.4 Å². The Morgan fingerprint density at radius 2 is 1.88 bits per heavy atom. The van der Waals surface area contributed by atoms with Crippen molar-refractivity contribution in [3.8, 4) is 11.3 Å². The monoisotopic (exact) mass is 338 g/mol. The van der Waals surface area contributed by atoms with Crippen LogP contribution in [0.25, 0.3) is 11.3 Å². The second-order valence-electron chi connectivity index (χ2n) is 5.90. The Morgan fingerprint density at radius 1 is 1.16 bits per heavy atom. The molecule has 3 aromatic rings. The Balaban J connectivity index is 1.58. The van der Waals surface area contributed by atoms with E-state index >= 15 is 0 Å². The van der Waals surface area contributed by atoms with E-state index in [2.05, 4.69) is 10.5 Å². The first-order valence-electron chi connectivity index (χ1n) is 8.17. The van der Waals surface area contributed by atoms with Crippen molar-refractivity contribution >= 4 is 5.91 Å². The second kappa shape index (κ2) is 7.75. The number of aromatic nitrogens is 1. The molecule has 0 saturated heterocycles. The normalized spacial score (nSPS) is 11.9. The molecule has 0 aliphatic carbocycles. The van der Waals surface area contributed by atoms with Crippen molar-refractivity contribution in [3.63, 3.8) is 0 Å². The number of carbonyl (C=O) groups is 1. The van der Waals surface area contributed by atoms with Crippen LogP contribution >= 0.6 is 0 Å². The molecule has 1 aromatic heterocycles. The number of carbonyl (C=O) groups excluding carboxylic acids is 1. The van der Waals surface area contributed by atoms with Crippen molar-refractivity contribution in [2.75, 3.05) is 0 Å². The molecule has 0 spiro atoms. The topological polar surface area (TPSA) is 55.1 Å². The Labute approximate surface area is 145 Å². The van der Waals surface area contributed by atoms with Crippen molar-refractivity contribution in [2.45, 2.75) is 25.8 Å². The highest BCUT2D eigenvalue weighted by atomic mass is 19.1. The number of nitrogens with zero attached hydrogens (tertiary/aromatic N) is 1. The molecule has 5 heteroatoms. The highest BCUT2D eigenvalue weighted by Gasteiger charge is 2.14. The Kier molecular flexibility index (Phi) is 5.23. The van der Waals surface area contributed by atoms with Crippen molar-refractivity contribution in [1.82, 2.24) is 10.5 Å². The summed E-state index contributed by atoms with van der Waals surface area (Å²) >= 11 is 0. The lowest BCUT2D eigenvalue weighted by atomic mass is 10.0. The molecule has 1 atom stereocenters. The van der Waals surface area contributed by atoms with E-state index in [1.165, 1.54) is 12.1 Å². The Morgan fingerprint density at radius 3 is 2.60 bits per heavy atom. The predicted molar refractivity (Wildman–Crippen MR) is 93.2 cm³/mol. The van der Waals surface area contributed by atoms with Crippen molar-refractivity contribution in [2.24, 2.45) is 0 Å². The number of rotatable bonds is 6. The van der Waals surface area contributed by atoms with Gasteiger partial charge in [-0.3, -0.25) is 4.79 Å². The van der Waals surface area contributed by atoms with E-state index in [0.29, 0.717) is 12.8 Å². The van der Waals surface area contributed by atoms with Gasteiger partial charge in [0.2, 0.25) is 5.91 Å². The molecule has 2 aromatic carbocycles. The van der Waals surface area contributed by atoms with Gasteiger partial charge in [-0.25, -0.2) is 4.39 Å². The Bertz CT molecular complexity index is 828. The summed E-state index contributed by atoms with van der Waals surface area (Å²) in [5, 5.41) is 6.96. The number of aryl methyl sites for hydroxylation is 1. The zero-order valence-corrected chi connectivity index (χ0v) is 13.9. The van der Waals surface area contributed by atoms with Crippen molar-refractivity contribution in [1.29, 1.82) is 0 Å². The fraction of sp³-hybridized carbons (Fsp3) is 0.200. The van der Waals surface area contributed by atoms with Crippen LogP contribution in [0.15, 0.2) is 65.4 Å². The highest BCUT2D eigenvalue weighted by Crippen LogP contribution is 2.23. The van der Waals surface area contributed by atoms with E-state index in [1.807, 2.05) is 37.3 Å². The standard InChI is InChI=1S/C20H19FN2O2/c1-14(15-7-10-18(21)11-8-15)22-19(24)12-9-17-13-25-23-20(17)16-5-3-2-4-6-16/h2-8,10-11,13-14H,9,12H2,1H3,(H,22,24). The first kappa shape index (κ1) is 16.9. The van der Waals surface area contributed by atoms with Crippen molar-refractivity contribution in [3.05, 3.63) is 77.8 Å². The average molecular weight is 338 g/mol. The molecule has 25 heavy (non-hydrogen) atoms. The zero-order chi connectivity index (χ0) is 17.6. The third kappa shape index (κ3) is 4.32. The summed E-state index contributed by atoms with van der Waals surface area (Å²) < 4.78 is 18.0. The maximum Gasteiger partial charge on any atom is 0.220 e. The van der Waals surface area contributed by atoms with E-state index in [0.717, 1.165) is 22.4 Å². The van der Waals surface area contributed by atoms with Crippen LogP contribution in [-0.4, -0.2) is 11.1 Å². The number of hydrogen-bond acceptors (Lipinski definition) is 3. The fourth-order valence-electron chi connectivity index (χ4n) is 2.67. The van der Waals surface area contributed by atoms with Gasteiger partial charge in [-0.1, -0.05) is 47.6 Å². The second-order valence-corrected chi connectivity index (χ2v) is 5.90. The van der Waals surface area contributed by atoms with Crippen LogP contribution in [0, 0.1) is 5.82 Å². The van der Waals surface area contributed by atoms with Crippen LogP contribution in [0.3, 0.4) is 0 Å². The van der Waals surface area contributed by atoms with Gasteiger partial charge >= 0.3 is 0 Å². The van der Waals surface area contributed by atoms with Gasteiger partial charge in [0.1, 0.15) is 17.8 Å². The van der Waals surface area contributed by atoms with Crippen LogP contribution in [0.1, 0.15) is 30.5 Å². The summed E-state index contributed by atoms with van der Waals surface area (Å²) in [6.45, 7) is 1.87. The van der Waals surface area contributed by atoms with Crippen LogP contribution in [0.2, 0.25) is 0 Å². The lowest BCUT2D eigenvalue weighted by Crippen LogP contribution is -2.26. The van der Waals surface area contributed by atoms with Gasteiger partial charge in [-0.05, 0) is 31.0 Å². The van der Waals surface area contributed by atoms with Crippen LogP contribution in [-0.2, 0) is 11.2 Å². The number of hydrogen-bond donors (Lipinski definition) is 1. The minimum atomic E-state index is -0.289. The molecular formula is C20H19FN2O2. The molecule has 1 unspecified atom stereocenters. The summed E-state index contributed by atoms with van der Waals surface area (Å²) in [5.74, 6) is -0.361. The van der Waals surface area contributed by atoms with E-state index < -0.39 is 0 Å². The number of amides is 1. The van der Waals surface area contributed by atoms with Crippen molar-refractivity contribution < 1.29 is 13.7 Å². The van der Waals surface area contributed by atoms with Gasteiger partial charge in [0, 0.05) is 17.5 Å². The maximum atomic E-state index is 13.0. The summed E-state index contributed by atoms with van der Waals surface area (Å²) in [4.78, 5) is 12.2.